The van der Waals surface area contributed by atoms with E-state index in [9.17, 15) is 5.11 Å². The monoisotopic (exact) mass is 352 g/mol. The average Bonchev–Trinajstić information content (AvgIpc) is 3.15. The Balaban J connectivity index is 1.29. The smallest absolute Gasteiger partial charge is 0.140 e. The van der Waals surface area contributed by atoms with E-state index in [0.29, 0.717) is 17.8 Å². The minimum absolute atomic E-state index is 0.338. The third-order valence-electron chi connectivity index (χ3n) is 6.03. The molecule has 0 bridgehead atoms. The molecule has 0 radical (unpaired) electrons. The zero-order valence-electron chi connectivity index (χ0n) is 15.6. The molecule has 1 saturated carbocycles. The van der Waals surface area contributed by atoms with E-state index >= 15 is 0 Å². The number of rotatable bonds is 5. The first kappa shape index (κ1) is 17.3. The number of hydrogen-bond acceptors (Lipinski definition) is 4. The molecule has 138 valence electrons. The number of aromatic hydroxyl groups is 1. The molecule has 1 saturated heterocycles. The Morgan fingerprint density at radius 1 is 1.15 bits per heavy atom. The van der Waals surface area contributed by atoms with E-state index in [1.54, 1.807) is 12.1 Å². The Morgan fingerprint density at radius 2 is 1.85 bits per heavy atom. The molecular formula is C22H28N2O2. The number of pyridine rings is 1. The number of hydrogen-bond donors (Lipinski definition) is 1. The van der Waals surface area contributed by atoms with Crippen LogP contribution < -0.4 is 4.74 Å². The van der Waals surface area contributed by atoms with Crippen molar-refractivity contribution in [2.75, 3.05) is 19.6 Å². The van der Waals surface area contributed by atoms with Gasteiger partial charge in [0.25, 0.3) is 0 Å². The quantitative estimate of drug-likeness (QED) is 0.884. The maximum absolute atomic E-state index is 9.45. The van der Waals surface area contributed by atoms with Crippen LogP contribution >= 0.6 is 0 Å². The molecule has 0 amide bonds. The Labute approximate surface area is 155 Å². The zero-order valence-corrected chi connectivity index (χ0v) is 15.6. The van der Waals surface area contributed by atoms with E-state index in [-0.39, 0.29) is 0 Å². The number of aryl methyl sites for hydroxylation is 1. The van der Waals surface area contributed by atoms with Gasteiger partial charge in [-0.05, 0) is 67.3 Å². The standard InChI is InChI=1S/C22H28N2O2/c1-15(17-5-7-20(25)8-6-17)12-24-13-18-10-21(11-19(18)14-24)26-22-4-3-9-23-16(22)2/h3-9,15,18-19,21,25H,10-14H2,1-2H3/t15?,18-,19+,21+. The second kappa shape index (κ2) is 7.28. The zero-order chi connectivity index (χ0) is 18.1. The van der Waals surface area contributed by atoms with Gasteiger partial charge in [-0.3, -0.25) is 4.98 Å². The van der Waals surface area contributed by atoms with E-state index in [2.05, 4.69) is 16.8 Å². The molecule has 1 aromatic carbocycles. The number of benzene rings is 1. The second-order valence-electron chi connectivity index (χ2n) is 8.03. The molecule has 2 aliphatic rings. The topological polar surface area (TPSA) is 45.6 Å². The lowest BCUT2D eigenvalue weighted by Crippen LogP contribution is -2.28. The van der Waals surface area contributed by atoms with Gasteiger partial charge in [-0.1, -0.05) is 19.1 Å². The van der Waals surface area contributed by atoms with Crippen LogP contribution in [0.4, 0.5) is 0 Å². The summed E-state index contributed by atoms with van der Waals surface area (Å²) in [6, 6.07) is 11.6. The van der Waals surface area contributed by atoms with Crippen LogP contribution in [0.1, 0.15) is 36.9 Å². The summed E-state index contributed by atoms with van der Waals surface area (Å²) in [6.45, 7) is 7.73. The maximum atomic E-state index is 9.45. The highest BCUT2D eigenvalue weighted by Gasteiger charge is 2.42. The lowest BCUT2D eigenvalue weighted by Gasteiger charge is -2.23. The number of phenols is 1. The molecule has 1 N–H and O–H groups in total. The summed E-state index contributed by atoms with van der Waals surface area (Å²) in [4.78, 5) is 6.93. The molecule has 4 heteroatoms. The van der Waals surface area contributed by atoms with Gasteiger partial charge in [0.15, 0.2) is 0 Å². The van der Waals surface area contributed by atoms with E-state index in [4.69, 9.17) is 4.74 Å². The van der Waals surface area contributed by atoms with Crippen molar-refractivity contribution in [3.05, 3.63) is 53.9 Å². The first-order chi connectivity index (χ1) is 12.6. The molecule has 4 nitrogen and oxygen atoms in total. The van der Waals surface area contributed by atoms with Gasteiger partial charge in [0, 0.05) is 25.8 Å². The summed E-state index contributed by atoms with van der Waals surface area (Å²) in [5.74, 6) is 3.27. The lowest BCUT2D eigenvalue weighted by molar-refractivity contribution is 0.182. The predicted octanol–water partition coefficient (Wildman–Crippen LogP) is 3.99. The summed E-state index contributed by atoms with van der Waals surface area (Å²) in [5.41, 5.74) is 2.28. The first-order valence-electron chi connectivity index (χ1n) is 9.68. The van der Waals surface area contributed by atoms with Crippen molar-refractivity contribution in [3.63, 3.8) is 0 Å². The Bertz CT molecular complexity index is 732. The van der Waals surface area contributed by atoms with Crippen LogP contribution in [0.5, 0.6) is 11.5 Å². The summed E-state index contributed by atoms with van der Waals surface area (Å²) in [5, 5.41) is 9.45. The number of aromatic nitrogens is 1. The molecule has 0 spiro atoms. The Morgan fingerprint density at radius 3 is 2.50 bits per heavy atom. The first-order valence-corrected chi connectivity index (χ1v) is 9.68. The van der Waals surface area contributed by atoms with Gasteiger partial charge in [-0.2, -0.15) is 0 Å². The van der Waals surface area contributed by atoms with Gasteiger partial charge in [-0.25, -0.2) is 0 Å². The van der Waals surface area contributed by atoms with Gasteiger partial charge in [0.1, 0.15) is 11.5 Å². The van der Waals surface area contributed by atoms with Crippen LogP contribution in [-0.4, -0.2) is 40.7 Å². The van der Waals surface area contributed by atoms with Crippen LogP contribution in [0, 0.1) is 18.8 Å². The van der Waals surface area contributed by atoms with Gasteiger partial charge in [-0.15, -0.1) is 0 Å². The third kappa shape index (κ3) is 3.70. The van der Waals surface area contributed by atoms with Crippen molar-refractivity contribution in [2.24, 2.45) is 11.8 Å². The Hall–Kier alpha value is -2.07. The molecule has 1 aliphatic carbocycles. The van der Waals surface area contributed by atoms with Crippen molar-refractivity contribution < 1.29 is 9.84 Å². The number of ether oxygens (including phenoxy) is 1. The van der Waals surface area contributed by atoms with Crippen LogP contribution in [0.3, 0.4) is 0 Å². The normalized spacial score (nSPS) is 26.6. The van der Waals surface area contributed by atoms with Crippen LogP contribution in [0.25, 0.3) is 0 Å². The molecule has 26 heavy (non-hydrogen) atoms. The predicted molar refractivity (Wildman–Crippen MR) is 103 cm³/mol. The fourth-order valence-electron chi connectivity index (χ4n) is 4.66. The van der Waals surface area contributed by atoms with E-state index in [0.717, 1.165) is 42.7 Å². The fourth-order valence-corrected chi connectivity index (χ4v) is 4.66. The minimum Gasteiger partial charge on any atom is -0.508 e. The van der Waals surface area contributed by atoms with Crippen molar-refractivity contribution in [1.82, 2.24) is 9.88 Å². The van der Waals surface area contributed by atoms with E-state index < -0.39 is 0 Å². The van der Waals surface area contributed by atoms with Crippen molar-refractivity contribution in [3.8, 4) is 11.5 Å². The van der Waals surface area contributed by atoms with Crippen molar-refractivity contribution >= 4 is 0 Å². The molecular weight excluding hydrogens is 324 g/mol. The fraction of sp³-hybridized carbons (Fsp3) is 0.500. The van der Waals surface area contributed by atoms with Crippen LogP contribution in [0.15, 0.2) is 42.6 Å². The molecule has 2 fully saturated rings. The number of nitrogens with zero attached hydrogens (tertiary/aromatic N) is 2. The second-order valence-corrected chi connectivity index (χ2v) is 8.03. The number of fused-ring (bicyclic) bond motifs is 1. The van der Waals surface area contributed by atoms with Crippen molar-refractivity contribution in [2.45, 2.75) is 38.7 Å². The third-order valence-corrected chi connectivity index (χ3v) is 6.03. The van der Waals surface area contributed by atoms with Crippen molar-refractivity contribution in [1.29, 1.82) is 0 Å². The van der Waals surface area contributed by atoms with Gasteiger partial charge < -0.3 is 14.7 Å². The highest BCUT2D eigenvalue weighted by molar-refractivity contribution is 5.28. The number of likely N-dealkylation sites (tertiary alicyclic amines) is 1. The van der Waals surface area contributed by atoms with Crippen LogP contribution in [0.2, 0.25) is 0 Å². The SMILES string of the molecule is Cc1ncccc1O[C@H]1C[C@@H]2CN(CC(C)c3ccc(O)cc3)C[C@@H]2C1. The summed E-state index contributed by atoms with van der Waals surface area (Å²) >= 11 is 0. The highest BCUT2D eigenvalue weighted by atomic mass is 16.5. The van der Waals surface area contributed by atoms with Gasteiger partial charge >= 0.3 is 0 Å². The number of phenolic OH excluding ortho intramolecular Hbond substituents is 1. The molecule has 4 atom stereocenters. The summed E-state index contributed by atoms with van der Waals surface area (Å²) < 4.78 is 6.23. The van der Waals surface area contributed by atoms with Gasteiger partial charge in [0.2, 0.25) is 0 Å². The largest absolute Gasteiger partial charge is 0.508 e. The van der Waals surface area contributed by atoms with Gasteiger partial charge in [0.05, 0.1) is 11.8 Å². The highest BCUT2D eigenvalue weighted by Crippen LogP contribution is 2.40. The van der Waals surface area contributed by atoms with E-state index in [1.807, 2.05) is 37.4 Å². The summed E-state index contributed by atoms with van der Waals surface area (Å²) in [7, 11) is 0. The Kier molecular flexibility index (Phi) is 4.86. The molecule has 2 heterocycles. The van der Waals surface area contributed by atoms with E-state index in [1.165, 1.54) is 18.7 Å². The maximum Gasteiger partial charge on any atom is 0.140 e. The summed E-state index contributed by atoms with van der Waals surface area (Å²) in [6.07, 6.45) is 4.47. The minimum atomic E-state index is 0.338. The molecule has 4 rings (SSSR count). The van der Waals surface area contributed by atoms with Crippen LogP contribution in [-0.2, 0) is 0 Å². The lowest BCUT2D eigenvalue weighted by atomic mass is 10.0. The molecule has 1 unspecified atom stereocenters. The average molecular weight is 352 g/mol. The molecule has 2 aromatic rings. The molecule has 1 aromatic heterocycles. The molecule has 1 aliphatic heterocycles.